The number of amides is 6. The number of carboxylic acids is 1. The molecule has 0 bridgehead atoms. The van der Waals surface area contributed by atoms with E-state index in [1.54, 1.807) is 51.1 Å². The second-order valence-corrected chi connectivity index (χ2v) is 11.0. The van der Waals surface area contributed by atoms with E-state index in [1.165, 1.54) is 21.6 Å². The molecule has 4 atom stereocenters. The Hall–Kier alpha value is -2.61. The number of aliphatic carboxylic acids is 1. The van der Waals surface area contributed by atoms with Gasteiger partial charge in [0, 0.05) is 24.4 Å². The number of rotatable bonds is 6. The van der Waals surface area contributed by atoms with E-state index >= 15 is 0 Å². The Kier molecular flexibility index (Phi) is 8.62. The zero-order chi connectivity index (χ0) is 26.4. The first-order valence-corrected chi connectivity index (χ1v) is 12.3. The molecule has 4 rings (SSSR count). The van der Waals surface area contributed by atoms with Crippen LogP contribution in [-0.4, -0.2) is 92.2 Å². The standard InChI is InChI=1S/C23H27N5O7S.Na/c1-4-26-10-11-27(19(32)18(26)31)22(35)25-13(12-8-6-5-7-9-12)16(29)24-14-17(30)28-15(21(33)34)23(2,3)36-20(14)28;/h5-9,13-15,20H,4,10-11H2,1-3H3,(H,24,29)(H,25,35)(H,33,34);/q;+1/p-1/t13-,14-,15-,20-;/m1./s1. The normalized spacial score (nSPS) is 25.0. The molecule has 3 fully saturated rings. The van der Waals surface area contributed by atoms with E-state index in [0.717, 1.165) is 4.90 Å². The molecule has 37 heavy (non-hydrogen) atoms. The Labute approximate surface area is 239 Å². The van der Waals surface area contributed by atoms with Gasteiger partial charge >= 0.3 is 47.4 Å². The van der Waals surface area contributed by atoms with E-state index in [9.17, 15) is 33.9 Å². The van der Waals surface area contributed by atoms with Gasteiger partial charge in [-0.05, 0) is 26.3 Å². The molecule has 0 spiro atoms. The van der Waals surface area contributed by atoms with Crippen molar-refractivity contribution in [2.75, 3.05) is 19.6 Å². The quantitative estimate of drug-likeness (QED) is 0.208. The molecule has 12 nitrogen and oxygen atoms in total. The third-order valence-electron chi connectivity index (χ3n) is 6.56. The number of carboxylic acid groups (broad SMARTS) is 1. The van der Waals surface area contributed by atoms with Gasteiger partial charge in [0.25, 0.3) is 0 Å². The summed E-state index contributed by atoms with van der Waals surface area (Å²) < 4.78 is -0.820. The van der Waals surface area contributed by atoms with Gasteiger partial charge < -0.3 is 30.3 Å². The second-order valence-electron chi connectivity index (χ2n) is 9.20. The zero-order valence-corrected chi connectivity index (χ0v) is 23.7. The number of benzene rings is 1. The van der Waals surface area contributed by atoms with Gasteiger partial charge in [-0.15, -0.1) is 11.8 Å². The van der Waals surface area contributed by atoms with Crippen LogP contribution in [-0.2, 0) is 24.0 Å². The second kappa shape index (κ2) is 11.0. The Morgan fingerprint density at radius 1 is 1.11 bits per heavy atom. The Balaban J connectivity index is 0.00000380. The fraction of sp³-hybridized carbons (Fsp3) is 0.478. The van der Waals surface area contributed by atoms with E-state index < -0.39 is 63.9 Å². The summed E-state index contributed by atoms with van der Waals surface area (Å²) >= 11 is 1.24. The molecule has 3 heterocycles. The number of β-lactam (4-membered cyclic amide) rings is 1. The van der Waals surface area contributed by atoms with Crippen molar-refractivity contribution >= 4 is 47.4 Å². The van der Waals surface area contributed by atoms with Crippen molar-refractivity contribution in [1.82, 2.24) is 25.3 Å². The van der Waals surface area contributed by atoms with Gasteiger partial charge in [0.05, 0.1) is 12.0 Å². The van der Waals surface area contributed by atoms with Crippen molar-refractivity contribution in [2.45, 2.75) is 49.0 Å². The first kappa shape index (κ1) is 29.0. The number of thioether (sulfide) groups is 1. The number of urea groups is 1. The summed E-state index contributed by atoms with van der Waals surface area (Å²) in [7, 11) is 0. The van der Waals surface area contributed by atoms with Crippen molar-refractivity contribution in [3.05, 3.63) is 35.9 Å². The molecule has 0 saturated carbocycles. The minimum Gasteiger partial charge on any atom is -0.548 e. The maximum atomic E-state index is 13.3. The van der Waals surface area contributed by atoms with Crippen LogP contribution in [0.25, 0.3) is 0 Å². The number of carbonyl (C=O) groups is 6. The summed E-state index contributed by atoms with van der Waals surface area (Å²) in [6.07, 6.45) is 0. The van der Waals surface area contributed by atoms with E-state index in [-0.39, 0.29) is 42.6 Å². The average Bonchev–Trinajstić information content (AvgIpc) is 3.10. The van der Waals surface area contributed by atoms with Crippen LogP contribution < -0.4 is 45.3 Å². The molecule has 0 aromatic heterocycles. The fourth-order valence-corrected chi connectivity index (χ4v) is 6.30. The van der Waals surface area contributed by atoms with Crippen molar-refractivity contribution in [2.24, 2.45) is 0 Å². The number of fused-ring (bicyclic) bond motifs is 1. The van der Waals surface area contributed by atoms with Crippen LogP contribution in [0, 0.1) is 0 Å². The summed E-state index contributed by atoms with van der Waals surface area (Å²) in [6, 6.07) is 3.92. The van der Waals surface area contributed by atoms with Crippen LogP contribution in [0.1, 0.15) is 32.4 Å². The number of hydrogen-bond acceptors (Lipinski definition) is 8. The van der Waals surface area contributed by atoms with Gasteiger partial charge in [0.15, 0.2) is 0 Å². The molecule has 1 aromatic rings. The molecule has 3 aliphatic heterocycles. The first-order chi connectivity index (χ1) is 17.0. The number of carbonyl (C=O) groups excluding carboxylic acids is 6. The van der Waals surface area contributed by atoms with E-state index in [0.29, 0.717) is 12.1 Å². The van der Waals surface area contributed by atoms with Crippen LogP contribution in [0.5, 0.6) is 0 Å². The number of likely N-dealkylation sites (N-methyl/N-ethyl adjacent to an activating group) is 1. The predicted octanol–water partition coefficient (Wildman–Crippen LogP) is -4.57. The van der Waals surface area contributed by atoms with Crippen molar-refractivity contribution in [1.29, 1.82) is 0 Å². The molecule has 0 unspecified atom stereocenters. The van der Waals surface area contributed by atoms with Gasteiger partial charge in [-0.3, -0.25) is 24.1 Å². The van der Waals surface area contributed by atoms with Crippen LogP contribution in [0.3, 0.4) is 0 Å². The van der Waals surface area contributed by atoms with E-state index in [1.807, 2.05) is 0 Å². The Bertz CT molecular complexity index is 1130. The van der Waals surface area contributed by atoms with Gasteiger partial charge in [-0.1, -0.05) is 30.3 Å². The van der Waals surface area contributed by atoms with Crippen LogP contribution >= 0.6 is 11.8 Å². The summed E-state index contributed by atoms with van der Waals surface area (Å²) in [6.45, 7) is 5.58. The third kappa shape index (κ3) is 5.22. The third-order valence-corrected chi connectivity index (χ3v) is 8.13. The predicted molar refractivity (Wildman–Crippen MR) is 125 cm³/mol. The molecule has 2 N–H and O–H groups in total. The molecule has 3 aliphatic rings. The first-order valence-electron chi connectivity index (χ1n) is 11.5. The van der Waals surface area contributed by atoms with Crippen molar-refractivity contribution in [3.8, 4) is 0 Å². The number of nitrogens with zero attached hydrogens (tertiary/aromatic N) is 3. The van der Waals surface area contributed by atoms with Gasteiger partial charge in [-0.25, -0.2) is 4.79 Å². The maximum absolute atomic E-state index is 13.3. The molecule has 0 radical (unpaired) electrons. The maximum Gasteiger partial charge on any atom is 1.00 e. The number of nitrogens with one attached hydrogen (secondary N) is 2. The van der Waals surface area contributed by atoms with E-state index in [2.05, 4.69) is 10.6 Å². The minimum atomic E-state index is -1.37. The van der Waals surface area contributed by atoms with Crippen molar-refractivity contribution in [3.63, 3.8) is 0 Å². The average molecular weight is 540 g/mol. The summed E-state index contributed by atoms with van der Waals surface area (Å²) in [4.78, 5) is 78.6. The van der Waals surface area contributed by atoms with E-state index in [4.69, 9.17) is 0 Å². The zero-order valence-electron chi connectivity index (χ0n) is 20.9. The molecular weight excluding hydrogens is 513 g/mol. The number of piperazine rings is 1. The number of imide groups is 1. The smallest absolute Gasteiger partial charge is 0.548 e. The molecule has 3 saturated heterocycles. The largest absolute Gasteiger partial charge is 1.00 e. The Morgan fingerprint density at radius 3 is 2.35 bits per heavy atom. The molecule has 192 valence electrons. The Morgan fingerprint density at radius 2 is 1.76 bits per heavy atom. The molecule has 1 aromatic carbocycles. The van der Waals surface area contributed by atoms with Gasteiger partial charge in [0.2, 0.25) is 11.8 Å². The summed E-state index contributed by atoms with van der Waals surface area (Å²) in [5, 5.41) is 16.1. The number of hydrogen-bond donors (Lipinski definition) is 2. The van der Waals surface area contributed by atoms with Gasteiger partial charge in [0.1, 0.15) is 17.5 Å². The molecule has 6 amide bonds. The fourth-order valence-electron chi connectivity index (χ4n) is 4.68. The van der Waals surface area contributed by atoms with Crippen molar-refractivity contribution < 1.29 is 63.4 Å². The minimum absolute atomic E-state index is 0. The molecule has 0 aliphatic carbocycles. The van der Waals surface area contributed by atoms with Gasteiger partial charge in [-0.2, -0.15) is 0 Å². The molecule has 14 heteroatoms. The summed E-state index contributed by atoms with van der Waals surface area (Å²) in [5.41, 5.74) is 0.393. The monoisotopic (exact) mass is 539 g/mol. The summed E-state index contributed by atoms with van der Waals surface area (Å²) in [5.74, 6) is -4.44. The topological polar surface area (TPSA) is 159 Å². The SMILES string of the molecule is CCN1CCN(C(=O)N[C@@H](C(=O)N[C@@H]2C(=O)N3[C@@H]2SC(C)(C)[C@H]3C(=O)[O-])c2ccccc2)C(=O)C1=O.[Na+]. The van der Waals surface area contributed by atoms with Crippen LogP contribution in [0.2, 0.25) is 0 Å². The van der Waals surface area contributed by atoms with Crippen LogP contribution in [0.4, 0.5) is 4.79 Å². The molecular formula is C23H26N5NaO7S. The van der Waals surface area contributed by atoms with Crippen LogP contribution in [0.15, 0.2) is 30.3 Å².